The molecule has 2 aromatic heterocycles. The van der Waals surface area contributed by atoms with E-state index in [-0.39, 0.29) is 5.69 Å². The van der Waals surface area contributed by atoms with E-state index in [0.29, 0.717) is 10.0 Å². The number of esters is 1. The number of Topliss-reactive ketones (excluding diaryl/α,β-unsaturated/α-hetero) is 1. The first-order valence-corrected chi connectivity index (χ1v) is 9.89. The number of nitriles is 1. The Morgan fingerprint density at radius 2 is 1.93 bits per heavy atom. The Morgan fingerprint density at radius 1 is 1.18 bits per heavy atom. The third kappa shape index (κ3) is 4.42. The molecular formula is C19H15N3O4S2. The lowest BCUT2D eigenvalue weighted by atomic mass is 10.1. The van der Waals surface area contributed by atoms with Gasteiger partial charge in [0.2, 0.25) is 0 Å². The smallest absolute Gasteiger partial charge is 0.358 e. The zero-order chi connectivity index (χ0) is 20.1. The van der Waals surface area contributed by atoms with Crippen LogP contribution < -0.4 is 4.74 Å². The number of rotatable bonds is 7. The fourth-order valence-electron chi connectivity index (χ4n) is 2.30. The van der Waals surface area contributed by atoms with E-state index >= 15 is 0 Å². The minimum absolute atomic E-state index is 0.113. The summed E-state index contributed by atoms with van der Waals surface area (Å²) >= 11 is 2.52. The second-order valence-electron chi connectivity index (χ2n) is 5.70. The van der Waals surface area contributed by atoms with Crippen LogP contribution in [-0.2, 0) is 9.53 Å². The van der Waals surface area contributed by atoms with Crippen LogP contribution in [0.15, 0.2) is 35.0 Å². The second kappa shape index (κ2) is 8.73. The van der Waals surface area contributed by atoms with Gasteiger partial charge >= 0.3 is 5.97 Å². The van der Waals surface area contributed by atoms with E-state index < -0.39 is 24.3 Å². The quantitative estimate of drug-likeness (QED) is 0.545. The molecular weight excluding hydrogens is 398 g/mol. The zero-order valence-electron chi connectivity index (χ0n) is 15.0. The number of ether oxygens (including phenoxy) is 2. The van der Waals surface area contributed by atoms with Crippen molar-refractivity contribution in [1.29, 1.82) is 5.26 Å². The molecule has 0 saturated heterocycles. The lowest BCUT2D eigenvalue weighted by Gasteiger charge is -2.05. The molecule has 0 amide bonds. The Hall–Kier alpha value is -3.09. The maximum atomic E-state index is 12.2. The van der Waals surface area contributed by atoms with E-state index in [0.717, 1.165) is 17.0 Å². The molecule has 1 atom stereocenters. The maximum Gasteiger partial charge on any atom is 0.358 e. The summed E-state index contributed by atoms with van der Waals surface area (Å²) < 4.78 is 10.2. The van der Waals surface area contributed by atoms with Gasteiger partial charge in [-0.05, 0) is 31.2 Å². The highest BCUT2D eigenvalue weighted by Crippen LogP contribution is 2.26. The number of methoxy groups -OCH3 is 1. The normalized spacial score (nSPS) is 11.5. The van der Waals surface area contributed by atoms with Gasteiger partial charge in [-0.2, -0.15) is 5.26 Å². The number of ketones is 1. The molecule has 1 aromatic carbocycles. The highest BCUT2D eigenvalue weighted by atomic mass is 32.1. The summed E-state index contributed by atoms with van der Waals surface area (Å²) in [6.07, 6.45) is 0. The van der Waals surface area contributed by atoms with Crippen LogP contribution in [0.5, 0.6) is 5.75 Å². The molecule has 0 unspecified atom stereocenters. The van der Waals surface area contributed by atoms with Crippen LogP contribution in [0.25, 0.3) is 10.6 Å². The van der Waals surface area contributed by atoms with Gasteiger partial charge in [0.05, 0.1) is 13.2 Å². The van der Waals surface area contributed by atoms with Crippen molar-refractivity contribution in [2.24, 2.45) is 0 Å². The van der Waals surface area contributed by atoms with Crippen molar-refractivity contribution in [2.75, 3.05) is 13.7 Å². The van der Waals surface area contributed by atoms with Crippen LogP contribution in [0, 0.1) is 18.3 Å². The Morgan fingerprint density at radius 3 is 2.54 bits per heavy atom. The van der Waals surface area contributed by atoms with Crippen LogP contribution in [-0.4, -0.2) is 35.4 Å². The van der Waals surface area contributed by atoms with Crippen LogP contribution in [0.3, 0.4) is 0 Å². The minimum Gasteiger partial charge on any atom is -0.497 e. The van der Waals surface area contributed by atoms with Gasteiger partial charge in [0.15, 0.2) is 24.0 Å². The molecule has 0 N–H and O–H groups in total. The maximum absolute atomic E-state index is 12.2. The molecule has 3 aromatic rings. The van der Waals surface area contributed by atoms with E-state index in [4.69, 9.17) is 9.47 Å². The number of nitrogens with zero attached hydrogens (tertiary/aromatic N) is 3. The summed E-state index contributed by atoms with van der Waals surface area (Å²) in [6, 6.07) is 9.19. The van der Waals surface area contributed by atoms with Crippen LogP contribution in [0.1, 0.15) is 27.1 Å². The number of benzene rings is 1. The van der Waals surface area contributed by atoms with E-state index in [9.17, 15) is 14.9 Å². The first-order chi connectivity index (χ1) is 13.5. The molecule has 9 heteroatoms. The first kappa shape index (κ1) is 19.7. The number of thiazole rings is 2. The number of hydrogen-bond acceptors (Lipinski definition) is 9. The average molecular weight is 413 g/mol. The van der Waals surface area contributed by atoms with Crippen molar-refractivity contribution in [2.45, 2.75) is 12.8 Å². The predicted molar refractivity (Wildman–Crippen MR) is 105 cm³/mol. The summed E-state index contributed by atoms with van der Waals surface area (Å²) in [5, 5.41) is 13.6. The number of aromatic nitrogens is 2. The van der Waals surface area contributed by atoms with Crippen molar-refractivity contribution >= 4 is 34.4 Å². The van der Waals surface area contributed by atoms with Gasteiger partial charge in [-0.1, -0.05) is 0 Å². The Bertz CT molecular complexity index is 1030. The van der Waals surface area contributed by atoms with Crippen LogP contribution in [0.4, 0.5) is 0 Å². The monoisotopic (exact) mass is 413 g/mol. The molecule has 0 aliphatic carbocycles. The fourth-order valence-corrected chi connectivity index (χ4v) is 3.95. The summed E-state index contributed by atoms with van der Waals surface area (Å²) in [7, 11) is 1.58. The molecule has 0 spiro atoms. The topological polar surface area (TPSA) is 102 Å². The van der Waals surface area contributed by atoms with Crippen LogP contribution >= 0.6 is 22.7 Å². The van der Waals surface area contributed by atoms with Crippen LogP contribution in [0.2, 0.25) is 0 Å². The molecule has 0 bridgehead atoms. The van der Waals surface area contributed by atoms with E-state index in [1.807, 2.05) is 18.2 Å². The van der Waals surface area contributed by atoms with Gasteiger partial charge in [0.1, 0.15) is 15.8 Å². The molecule has 3 rings (SSSR count). The van der Waals surface area contributed by atoms with E-state index in [1.54, 1.807) is 36.9 Å². The standard InChI is InChI=1S/C19H15N3O4S2/c1-11-9-27-18(21-11)14(7-20)16(23)8-26-19(24)15-10-28-17(22-15)12-3-5-13(25-2)6-4-12/h3-6,9-10,14H,8H2,1-2H3/t14-/m1/s1. The van der Waals surface area contributed by atoms with Crippen molar-refractivity contribution in [1.82, 2.24) is 9.97 Å². The molecule has 7 nitrogen and oxygen atoms in total. The molecule has 28 heavy (non-hydrogen) atoms. The van der Waals surface area contributed by atoms with Gasteiger partial charge in [0.25, 0.3) is 0 Å². The Balaban J connectivity index is 1.62. The predicted octanol–water partition coefficient (Wildman–Crippen LogP) is 3.62. The molecule has 0 saturated carbocycles. The average Bonchev–Trinajstić information content (AvgIpc) is 3.36. The number of aryl methyl sites for hydroxylation is 1. The second-order valence-corrected chi connectivity index (χ2v) is 7.45. The largest absolute Gasteiger partial charge is 0.497 e. The molecule has 0 aliphatic heterocycles. The van der Waals surface area contributed by atoms with Gasteiger partial charge in [-0.3, -0.25) is 4.79 Å². The highest BCUT2D eigenvalue weighted by Gasteiger charge is 2.25. The Kier molecular flexibility index (Phi) is 6.13. The summed E-state index contributed by atoms with van der Waals surface area (Å²) in [4.78, 5) is 32.9. The zero-order valence-corrected chi connectivity index (χ0v) is 16.7. The number of carbonyl (C=O) groups is 2. The lowest BCUT2D eigenvalue weighted by molar-refractivity contribution is -0.122. The first-order valence-electron chi connectivity index (χ1n) is 8.13. The van der Waals surface area contributed by atoms with Crippen molar-refractivity contribution in [3.63, 3.8) is 0 Å². The molecule has 0 fully saturated rings. The summed E-state index contributed by atoms with van der Waals surface area (Å²) in [5.74, 6) is -1.55. The lowest BCUT2D eigenvalue weighted by Crippen LogP contribution is -2.20. The molecule has 0 aliphatic rings. The highest BCUT2D eigenvalue weighted by molar-refractivity contribution is 7.13. The molecule has 142 valence electrons. The number of hydrogen-bond donors (Lipinski definition) is 0. The van der Waals surface area contributed by atoms with E-state index in [1.165, 1.54) is 22.7 Å². The fraction of sp³-hybridized carbons (Fsp3) is 0.211. The SMILES string of the molecule is COc1ccc(-c2nc(C(=O)OCC(=O)[C@@H](C#N)c3nc(C)cs3)cs2)cc1. The third-order valence-corrected chi connectivity index (χ3v) is 5.65. The van der Waals surface area contributed by atoms with E-state index in [2.05, 4.69) is 9.97 Å². The summed E-state index contributed by atoms with van der Waals surface area (Å²) in [5.41, 5.74) is 1.69. The third-order valence-electron chi connectivity index (χ3n) is 3.73. The van der Waals surface area contributed by atoms with Gasteiger partial charge in [-0.25, -0.2) is 14.8 Å². The van der Waals surface area contributed by atoms with Crippen molar-refractivity contribution in [3.05, 3.63) is 51.4 Å². The van der Waals surface area contributed by atoms with Crippen molar-refractivity contribution in [3.8, 4) is 22.4 Å². The minimum atomic E-state index is -1.04. The van der Waals surface area contributed by atoms with Gasteiger partial charge in [-0.15, -0.1) is 22.7 Å². The van der Waals surface area contributed by atoms with Crippen molar-refractivity contribution < 1.29 is 19.1 Å². The molecule has 2 heterocycles. The van der Waals surface area contributed by atoms with Gasteiger partial charge in [0, 0.05) is 22.0 Å². The number of carbonyl (C=O) groups excluding carboxylic acids is 2. The Labute approximate surface area is 169 Å². The summed E-state index contributed by atoms with van der Waals surface area (Å²) in [6.45, 7) is 1.27. The van der Waals surface area contributed by atoms with Gasteiger partial charge < -0.3 is 9.47 Å². The molecule has 0 radical (unpaired) electrons.